The molecule has 17 heavy (non-hydrogen) atoms. The van der Waals surface area contributed by atoms with Crippen molar-refractivity contribution in [3.8, 4) is 0 Å². The van der Waals surface area contributed by atoms with E-state index in [9.17, 15) is 14.7 Å². The minimum absolute atomic E-state index is 0.391. The monoisotopic (exact) mass is 234 g/mol. The first kappa shape index (κ1) is 11.6. The summed E-state index contributed by atoms with van der Waals surface area (Å²) in [6, 6.07) is 5.63. The number of carboxylic acids is 2. The molecule has 1 aromatic carbocycles. The number of carbonyl (C=O) groups is 2. The summed E-state index contributed by atoms with van der Waals surface area (Å²) in [6.45, 7) is 1.88. The van der Waals surface area contributed by atoms with Gasteiger partial charge in [-0.25, -0.2) is 0 Å². The van der Waals surface area contributed by atoms with Crippen LogP contribution < -0.4 is 0 Å². The van der Waals surface area contributed by atoms with Gasteiger partial charge in [0, 0.05) is 0 Å². The number of hydrogen-bond acceptors (Lipinski definition) is 2. The molecular weight excluding hydrogens is 220 g/mol. The van der Waals surface area contributed by atoms with Gasteiger partial charge in [0.25, 0.3) is 0 Å². The summed E-state index contributed by atoms with van der Waals surface area (Å²) in [4.78, 5) is 22.4. The molecule has 0 heterocycles. The predicted molar refractivity (Wildman–Crippen MR) is 61.0 cm³/mol. The molecule has 90 valence electrons. The summed E-state index contributed by atoms with van der Waals surface area (Å²) in [5.74, 6) is -3.81. The molecule has 0 saturated heterocycles. The Morgan fingerprint density at radius 1 is 1.24 bits per heavy atom. The van der Waals surface area contributed by atoms with E-state index in [1.165, 1.54) is 0 Å². The third kappa shape index (κ3) is 2.02. The van der Waals surface area contributed by atoms with E-state index in [1.54, 1.807) is 6.07 Å². The summed E-state index contributed by atoms with van der Waals surface area (Å²) < 4.78 is 0. The van der Waals surface area contributed by atoms with Crippen LogP contribution in [-0.4, -0.2) is 22.2 Å². The summed E-state index contributed by atoms with van der Waals surface area (Å²) in [7, 11) is 0. The van der Waals surface area contributed by atoms with E-state index >= 15 is 0 Å². The number of benzene rings is 1. The number of hydrogen-bond donors (Lipinski definition) is 2. The summed E-state index contributed by atoms with van der Waals surface area (Å²) in [5.41, 5.74) is 2.58. The van der Waals surface area contributed by atoms with Gasteiger partial charge in [0.2, 0.25) is 0 Å². The Labute approximate surface area is 98.9 Å². The average molecular weight is 234 g/mol. The second kappa shape index (κ2) is 4.20. The minimum Gasteiger partial charge on any atom is -0.481 e. The zero-order valence-electron chi connectivity index (χ0n) is 9.51. The highest BCUT2D eigenvalue weighted by atomic mass is 16.4. The van der Waals surface area contributed by atoms with Crippen LogP contribution in [0.2, 0.25) is 0 Å². The summed E-state index contributed by atoms with van der Waals surface area (Å²) in [5, 5.41) is 18.3. The molecule has 2 atom stereocenters. The lowest BCUT2D eigenvalue weighted by Crippen LogP contribution is -2.32. The van der Waals surface area contributed by atoms with E-state index in [2.05, 4.69) is 0 Å². The van der Waals surface area contributed by atoms with E-state index in [-0.39, 0.29) is 0 Å². The van der Waals surface area contributed by atoms with Crippen LogP contribution in [0.15, 0.2) is 18.2 Å². The number of carboxylic acid groups (broad SMARTS) is 2. The fourth-order valence-corrected chi connectivity index (χ4v) is 2.50. The first-order valence-corrected chi connectivity index (χ1v) is 5.55. The van der Waals surface area contributed by atoms with Crippen molar-refractivity contribution >= 4 is 11.9 Å². The quantitative estimate of drug-likeness (QED) is 0.818. The molecule has 2 N–H and O–H groups in total. The fourth-order valence-electron chi connectivity index (χ4n) is 2.50. The zero-order valence-corrected chi connectivity index (χ0v) is 9.51. The van der Waals surface area contributed by atoms with E-state index in [0.717, 1.165) is 11.1 Å². The Morgan fingerprint density at radius 3 is 2.53 bits per heavy atom. The molecule has 0 aliphatic heterocycles. The Bertz CT molecular complexity index is 478. The maximum atomic E-state index is 11.3. The first-order valence-electron chi connectivity index (χ1n) is 5.55. The fraction of sp³-hybridized carbons (Fsp3) is 0.385. The number of aryl methyl sites for hydroxylation is 2. The molecule has 0 spiro atoms. The summed E-state index contributed by atoms with van der Waals surface area (Å²) in [6.07, 6.45) is 1.03. The lowest BCUT2D eigenvalue weighted by molar-refractivity contribution is -0.150. The normalized spacial score (nSPS) is 22.9. The standard InChI is InChI=1S/C13H14O4/c1-7-2-3-8-4-5-9(12(14)15)11(13(16)17)10(8)6-7/h2-3,6,9,11H,4-5H2,1H3,(H,14,15)(H,16,17). The predicted octanol–water partition coefficient (Wildman–Crippen LogP) is 1.81. The van der Waals surface area contributed by atoms with Crippen molar-refractivity contribution in [1.29, 1.82) is 0 Å². The van der Waals surface area contributed by atoms with Crippen molar-refractivity contribution in [2.75, 3.05) is 0 Å². The Balaban J connectivity index is 2.51. The van der Waals surface area contributed by atoms with Gasteiger partial charge >= 0.3 is 11.9 Å². The lowest BCUT2D eigenvalue weighted by Gasteiger charge is -2.28. The Morgan fingerprint density at radius 2 is 1.94 bits per heavy atom. The van der Waals surface area contributed by atoms with Crippen molar-refractivity contribution in [2.45, 2.75) is 25.7 Å². The highest BCUT2D eigenvalue weighted by Crippen LogP contribution is 2.37. The maximum absolute atomic E-state index is 11.3. The van der Waals surface area contributed by atoms with E-state index in [1.807, 2.05) is 19.1 Å². The number of aliphatic carboxylic acids is 2. The van der Waals surface area contributed by atoms with Crippen LogP contribution >= 0.6 is 0 Å². The van der Waals surface area contributed by atoms with Crippen LogP contribution in [0.25, 0.3) is 0 Å². The molecular formula is C13H14O4. The van der Waals surface area contributed by atoms with E-state index in [0.29, 0.717) is 18.4 Å². The summed E-state index contributed by atoms with van der Waals surface area (Å²) >= 11 is 0. The third-order valence-electron chi connectivity index (χ3n) is 3.35. The molecule has 2 rings (SSSR count). The van der Waals surface area contributed by atoms with Gasteiger partial charge < -0.3 is 10.2 Å². The van der Waals surface area contributed by atoms with Gasteiger partial charge in [0.15, 0.2) is 0 Å². The smallest absolute Gasteiger partial charge is 0.311 e. The van der Waals surface area contributed by atoms with Crippen molar-refractivity contribution in [1.82, 2.24) is 0 Å². The highest BCUT2D eigenvalue weighted by Gasteiger charge is 2.39. The van der Waals surface area contributed by atoms with Gasteiger partial charge in [-0.2, -0.15) is 0 Å². The van der Waals surface area contributed by atoms with Gasteiger partial charge in [-0.05, 0) is 30.9 Å². The van der Waals surface area contributed by atoms with E-state index < -0.39 is 23.8 Å². The van der Waals surface area contributed by atoms with Gasteiger partial charge in [-0.1, -0.05) is 23.8 Å². The largest absolute Gasteiger partial charge is 0.481 e. The Kier molecular flexibility index (Phi) is 2.88. The molecule has 0 radical (unpaired) electrons. The molecule has 4 heteroatoms. The molecule has 2 unspecified atom stereocenters. The Hall–Kier alpha value is -1.84. The van der Waals surface area contributed by atoms with Crippen LogP contribution in [0.5, 0.6) is 0 Å². The second-order valence-electron chi connectivity index (χ2n) is 4.50. The number of rotatable bonds is 2. The van der Waals surface area contributed by atoms with Crippen LogP contribution in [0.4, 0.5) is 0 Å². The topological polar surface area (TPSA) is 74.6 Å². The lowest BCUT2D eigenvalue weighted by atomic mass is 9.74. The average Bonchev–Trinajstić information content (AvgIpc) is 2.26. The van der Waals surface area contributed by atoms with E-state index in [4.69, 9.17) is 5.11 Å². The van der Waals surface area contributed by atoms with Crippen LogP contribution in [0, 0.1) is 12.8 Å². The molecule has 1 aromatic rings. The number of fused-ring (bicyclic) bond motifs is 1. The first-order chi connectivity index (χ1) is 8.00. The van der Waals surface area contributed by atoms with Crippen molar-refractivity contribution in [3.63, 3.8) is 0 Å². The molecule has 0 fully saturated rings. The van der Waals surface area contributed by atoms with Gasteiger partial charge in [0.1, 0.15) is 0 Å². The highest BCUT2D eigenvalue weighted by molar-refractivity contribution is 5.85. The van der Waals surface area contributed by atoms with Crippen molar-refractivity contribution in [2.24, 2.45) is 5.92 Å². The third-order valence-corrected chi connectivity index (χ3v) is 3.35. The molecule has 4 nitrogen and oxygen atoms in total. The molecule has 1 aliphatic carbocycles. The van der Waals surface area contributed by atoms with Crippen molar-refractivity contribution in [3.05, 3.63) is 34.9 Å². The van der Waals surface area contributed by atoms with Crippen LogP contribution in [-0.2, 0) is 16.0 Å². The minimum atomic E-state index is -1.05. The second-order valence-corrected chi connectivity index (χ2v) is 4.50. The van der Waals surface area contributed by atoms with Gasteiger partial charge in [0.05, 0.1) is 11.8 Å². The van der Waals surface area contributed by atoms with Crippen molar-refractivity contribution < 1.29 is 19.8 Å². The molecule has 0 bridgehead atoms. The van der Waals surface area contributed by atoms with Crippen LogP contribution in [0.1, 0.15) is 29.0 Å². The maximum Gasteiger partial charge on any atom is 0.311 e. The van der Waals surface area contributed by atoms with Gasteiger partial charge in [-0.3, -0.25) is 9.59 Å². The molecule has 0 saturated carbocycles. The molecule has 0 aromatic heterocycles. The van der Waals surface area contributed by atoms with Crippen LogP contribution in [0.3, 0.4) is 0 Å². The zero-order chi connectivity index (χ0) is 12.6. The molecule has 0 amide bonds. The SMILES string of the molecule is Cc1ccc2c(c1)C(C(=O)O)C(C(=O)O)CC2. The molecule has 1 aliphatic rings. The van der Waals surface area contributed by atoms with Gasteiger partial charge in [-0.15, -0.1) is 0 Å².